The molecule has 9 nitrogen and oxygen atoms in total. The monoisotopic (exact) mass is 499 g/mol. The second-order valence-corrected chi connectivity index (χ2v) is 9.65. The maximum Gasteiger partial charge on any atom is 0.255 e. The minimum absolute atomic E-state index is 0.175. The van der Waals surface area contributed by atoms with Gasteiger partial charge in [0.25, 0.3) is 5.91 Å². The number of carbonyl (C=O) groups excluding carboxylic acids is 2. The molecule has 0 aliphatic carbocycles. The number of likely N-dealkylation sites (tertiary alicyclic amines) is 1. The van der Waals surface area contributed by atoms with Crippen LogP contribution in [0.3, 0.4) is 0 Å². The number of nitrogens with two attached hydrogens (primary N) is 1. The third-order valence-electron chi connectivity index (χ3n) is 6.32. The van der Waals surface area contributed by atoms with Gasteiger partial charge in [-0.2, -0.15) is 5.10 Å². The Balaban J connectivity index is 1.78. The van der Waals surface area contributed by atoms with Crippen LogP contribution in [0.25, 0.3) is 10.9 Å². The molecule has 10 heteroatoms. The van der Waals surface area contributed by atoms with Gasteiger partial charge in [-0.25, -0.2) is 0 Å². The Morgan fingerprint density at radius 2 is 2.17 bits per heavy atom. The number of aryl methyl sites for hydroxylation is 1. The van der Waals surface area contributed by atoms with Gasteiger partial charge in [-0.15, -0.1) is 5.16 Å². The van der Waals surface area contributed by atoms with Crippen LogP contribution in [0.5, 0.6) is 0 Å². The molecular weight excluding hydrogens is 472 g/mol. The van der Waals surface area contributed by atoms with Gasteiger partial charge >= 0.3 is 0 Å². The van der Waals surface area contributed by atoms with Crippen LogP contribution in [0, 0.1) is 18.8 Å². The van der Waals surface area contributed by atoms with Crippen LogP contribution in [-0.2, 0) is 14.7 Å². The molecule has 36 heavy (non-hydrogen) atoms. The molecule has 2 radical (unpaired) electrons. The van der Waals surface area contributed by atoms with Crippen molar-refractivity contribution >= 4 is 38.8 Å². The SMILES string of the molecule is C=CC(=O)N1C[C@@]([Si-])(n2nc(C#Cc3ccc4c(C)ccnc4c3)c(C(N)=O)c2NC)C[C@@H]1COC. The fourth-order valence-corrected chi connectivity index (χ4v) is 5.19. The number of hydrogen-bond acceptors (Lipinski definition) is 6. The van der Waals surface area contributed by atoms with Crippen molar-refractivity contribution in [3.8, 4) is 11.8 Å². The van der Waals surface area contributed by atoms with Crippen LogP contribution >= 0.6 is 0 Å². The molecule has 1 aromatic carbocycles. The highest BCUT2D eigenvalue weighted by atomic mass is 28.1. The number of hydrogen-bond donors (Lipinski definition) is 2. The molecule has 0 bridgehead atoms. The topological polar surface area (TPSA) is 115 Å². The van der Waals surface area contributed by atoms with E-state index in [1.54, 1.807) is 29.9 Å². The third-order valence-corrected chi connectivity index (χ3v) is 6.90. The van der Waals surface area contributed by atoms with E-state index in [0.717, 1.165) is 22.0 Å². The summed E-state index contributed by atoms with van der Waals surface area (Å²) in [4.78, 5) is 31.1. The summed E-state index contributed by atoms with van der Waals surface area (Å²) in [5.41, 5.74) is 8.85. The zero-order valence-corrected chi connectivity index (χ0v) is 21.5. The molecule has 1 saturated heterocycles. The smallest absolute Gasteiger partial charge is 0.255 e. The molecule has 184 valence electrons. The Morgan fingerprint density at radius 1 is 1.39 bits per heavy atom. The van der Waals surface area contributed by atoms with Crippen LogP contribution in [0.2, 0.25) is 0 Å². The molecule has 4 rings (SSSR count). The number of amides is 2. The lowest BCUT2D eigenvalue weighted by Crippen LogP contribution is -2.41. The van der Waals surface area contributed by atoms with Crippen LogP contribution in [0.1, 0.15) is 33.6 Å². The number of pyridine rings is 1. The molecule has 3 N–H and O–H groups in total. The van der Waals surface area contributed by atoms with E-state index in [1.165, 1.54) is 6.08 Å². The van der Waals surface area contributed by atoms with Crippen molar-refractivity contribution in [2.45, 2.75) is 24.5 Å². The van der Waals surface area contributed by atoms with Gasteiger partial charge in [-0.3, -0.25) is 19.3 Å². The van der Waals surface area contributed by atoms with E-state index >= 15 is 0 Å². The molecule has 2 amide bonds. The highest BCUT2D eigenvalue weighted by Crippen LogP contribution is 2.35. The number of methoxy groups -OCH3 is 1. The first-order valence-electron chi connectivity index (χ1n) is 11.4. The van der Waals surface area contributed by atoms with Crippen LogP contribution in [0.15, 0.2) is 43.1 Å². The van der Waals surface area contributed by atoms with Crippen molar-refractivity contribution < 1.29 is 14.3 Å². The largest absolute Gasteiger partial charge is 0.630 e. The molecule has 0 unspecified atom stereocenters. The molecule has 1 aliphatic heterocycles. The molecule has 0 spiro atoms. The zero-order chi connectivity index (χ0) is 26.0. The number of aromatic nitrogens is 3. The van der Waals surface area contributed by atoms with Crippen LogP contribution in [-0.4, -0.2) is 75.1 Å². The maximum absolute atomic E-state index is 12.5. The molecule has 2 atom stereocenters. The van der Waals surface area contributed by atoms with E-state index in [9.17, 15) is 9.59 Å². The minimum atomic E-state index is -0.825. The van der Waals surface area contributed by atoms with Gasteiger partial charge in [-0.05, 0) is 49.1 Å². The number of anilines is 1. The average molecular weight is 500 g/mol. The summed E-state index contributed by atoms with van der Waals surface area (Å²) in [5.74, 6) is 5.63. The van der Waals surface area contributed by atoms with Gasteiger partial charge in [0, 0.05) is 37.8 Å². The number of fused-ring (bicyclic) bond motifs is 1. The fourth-order valence-electron chi connectivity index (χ4n) is 4.63. The fraction of sp³-hybridized carbons (Fsp3) is 0.308. The summed E-state index contributed by atoms with van der Waals surface area (Å²) in [5, 5.41) is 7.94. The van der Waals surface area contributed by atoms with E-state index in [1.807, 2.05) is 31.2 Å². The second kappa shape index (κ2) is 9.97. The first-order chi connectivity index (χ1) is 17.2. The minimum Gasteiger partial charge on any atom is -0.630 e. The van der Waals surface area contributed by atoms with E-state index in [0.29, 0.717) is 18.8 Å². The first kappa shape index (κ1) is 25.2. The number of ether oxygens (including phenoxy) is 1. The Labute approximate surface area is 213 Å². The molecule has 1 fully saturated rings. The Morgan fingerprint density at radius 3 is 2.83 bits per heavy atom. The van der Waals surface area contributed by atoms with Crippen LogP contribution in [0.4, 0.5) is 5.82 Å². The van der Waals surface area contributed by atoms with Crippen molar-refractivity contribution in [1.29, 1.82) is 0 Å². The zero-order valence-electron chi connectivity index (χ0n) is 20.5. The van der Waals surface area contributed by atoms with E-state index in [4.69, 9.17) is 10.5 Å². The van der Waals surface area contributed by atoms with Gasteiger partial charge in [-0.1, -0.05) is 18.6 Å². The molecule has 1 aliphatic rings. The number of nitrogens with one attached hydrogen (secondary N) is 1. The lowest BCUT2D eigenvalue weighted by Gasteiger charge is -2.39. The van der Waals surface area contributed by atoms with Gasteiger partial charge < -0.3 is 30.9 Å². The summed E-state index contributed by atoms with van der Waals surface area (Å²) in [6.07, 6.45) is 3.51. The molecule has 2 aromatic heterocycles. The summed E-state index contributed by atoms with van der Waals surface area (Å²) in [7, 11) is 7.12. The standard InChI is InChI=1S/C26H27N6O3Si/c1-5-22(33)31-15-26(36,13-18(31)14-35-4)32-25(28-3)23(24(27)34)20(30-32)9-7-17-6-8-19-16(2)10-11-29-21(19)12-17/h5-6,8,10-12,18,28H,1,13-15H2,2-4H3,(H2,27,34)/q-1/t18-,26-/m1/s1. The number of carbonyl (C=O) groups is 2. The highest BCUT2D eigenvalue weighted by Gasteiger charge is 2.39. The molecule has 3 aromatic rings. The molecule has 3 heterocycles. The molecular formula is C26H27N6O3Si-. The van der Waals surface area contributed by atoms with E-state index in [-0.39, 0.29) is 29.8 Å². The number of benzene rings is 1. The summed E-state index contributed by atoms with van der Waals surface area (Å²) >= 11 is 0. The normalized spacial score (nSPS) is 19.1. The Hall–Kier alpha value is -3.94. The van der Waals surface area contributed by atoms with Crippen molar-refractivity contribution in [2.24, 2.45) is 5.73 Å². The number of rotatable bonds is 6. The van der Waals surface area contributed by atoms with Crippen molar-refractivity contribution in [3.63, 3.8) is 0 Å². The predicted octanol–water partition coefficient (Wildman–Crippen LogP) is 1.53. The Kier molecular flexibility index (Phi) is 6.97. The van der Waals surface area contributed by atoms with Crippen molar-refractivity contribution in [3.05, 3.63) is 65.5 Å². The summed E-state index contributed by atoms with van der Waals surface area (Å²) < 4.78 is 6.97. The first-order valence-corrected chi connectivity index (χ1v) is 11.9. The third kappa shape index (κ3) is 4.50. The second-order valence-electron chi connectivity index (χ2n) is 8.72. The molecule has 0 saturated carbocycles. The highest BCUT2D eigenvalue weighted by molar-refractivity contribution is 6.15. The summed E-state index contributed by atoms with van der Waals surface area (Å²) in [6, 6.07) is 7.51. The lowest BCUT2D eigenvalue weighted by atomic mass is 10.1. The van der Waals surface area contributed by atoms with Gasteiger partial charge in [0.15, 0.2) is 5.69 Å². The van der Waals surface area contributed by atoms with E-state index in [2.05, 4.69) is 44.1 Å². The van der Waals surface area contributed by atoms with Crippen molar-refractivity contribution in [1.82, 2.24) is 19.7 Å². The average Bonchev–Trinajstić information content (AvgIpc) is 3.41. The lowest BCUT2D eigenvalue weighted by molar-refractivity contribution is -0.127. The quantitative estimate of drug-likeness (QED) is 0.302. The van der Waals surface area contributed by atoms with Gasteiger partial charge in [0.2, 0.25) is 5.91 Å². The van der Waals surface area contributed by atoms with Crippen LogP contribution < -0.4 is 11.1 Å². The predicted molar refractivity (Wildman–Crippen MR) is 139 cm³/mol. The number of nitrogens with zero attached hydrogens (tertiary/aromatic N) is 4. The maximum atomic E-state index is 12.5. The van der Waals surface area contributed by atoms with E-state index < -0.39 is 11.1 Å². The van der Waals surface area contributed by atoms with Crippen molar-refractivity contribution in [2.75, 3.05) is 32.6 Å². The van der Waals surface area contributed by atoms with Gasteiger partial charge in [0.05, 0.1) is 18.2 Å². The number of primary amides is 1. The Bertz CT molecular complexity index is 1420. The van der Waals surface area contributed by atoms with Gasteiger partial charge in [0.1, 0.15) is 11.4 Å². The summed E-state index contributed by atoms with van der Waals surface area (Å²) in [6.45, 7) is 6.25.